The Morgan fingerprint density at radius 3 is 1.88 bits per heavy atom. The van der Waals surface area contributed by atoms with Gasteiger partial charge >= 0.3 is 12.1 Å². The second-order valence-corrected chi connectivity index (χ2v) is 3.15. The van der Waals surface area contributed by atoms with Crippen LogP contribution in [0.15, 0.2) is 29.2 Å². The Labute approximate surface area is 99.0 Å². The topological polar surface area (TPSA) is 86.2 Å². The van der Waals surface area contributed by atoms with Crippen molar-refractivity contribution in [3.63, 3.8) is 0 Å². The summed E-state index contributed by atoms with van der Waals surface area (Å²) in [6.45, 7) is 0. The van der Waals surface area contributed by atoms with Gasteiger partial charge in [0.25, 0.3) is 5.69 Å². The van der Waals surface area contributed by atoms with Crippen LogP contribution in [0.4, 0.5) is 18.9 Å². The second kappa shape index (κ2) is 6.09. The van der Waals surface area contributed by atoms with Crippen molar-refractivity contribution >= 4 is 24.2 Å². The van der Waals surface area contributed by atoms with Gasteiger partial charge in [0, 0.05) is 17.0 Å². The Balaban J connectivity index is 0.000000325. The number of hydrogen-bond donors (Lipinski definition) is 2. The molecule has 0 saturated carbocycles. The number of rotatable bonds is 1. The van der Waals surface area contributed by atoms with Gasteiger partial charge in [-0.05, 0) is 12.1 Å². The highest BCUT2D eigenvalue weighted by atomic mass is 32.1. The summed E-state index contributed by atoms with van der Waals surface area (Å²) in [5, 5.41) is 10.1. The van der Waals surface area contributed by atoms with Crippen LogP contribution in [0, 0.1) is 10.1 Å². The molecule has 1 aromatic rings. The van der Waals surface area contributed by atoms with Gasteiger partial charge in [0.15, 0.2) is 0 Å². The van der Waals surface area contributed by atoms with Gasteiger partial charge in [-0.2, -0.15) is 13.2 Å². The van der Waals surface area contributed by atoms with E-state index in [9.17, 15) is 23.3 Å². The van der Waals surface area contributed by atoms with Crippen LogP contribution in [-0.4, -0.2) is 17.0 Å². The molecule has 0 unspecified atom stereocenters. The summed E-state index contributed by atoms with van der Waals surface area (Å²) in [7, 11) is 0. The Hall–Kier alpha value is -1.77. The van der Waals surface area contributed by atoms with Crippen molar-refractivity contribution in [3.8, 4) is 0 Å². The molecule has 0 aliphatic heterocycles. The Morgan fingerprint density at radius 1 is 1.29 bits per heavy atom. The predicted molar refractivity (Wildman–Crippen MR) is 55.6 cm³/mol. The molecule has 9 heteroatoms. The molecule has 0 aliphatic carbocycles. The Kier molecular flexibility index (Phi) is 5.45. The number of non-ortho nitro benzene ring substituents is 1. The molecule has 17 heavy (non-hydrogen) atoms. The first-order chi connectivity index (χ1) is 7.64. The number of thiol groups is 1. The van der Waals surface area contributed by atoms with Crippen molar-refractivity contribution in [2.45, 2.75) is 11.1 Å². The Bertz CT molecular complexity index is 405. The van der Waals surface area contributed by atoms with E-state index >= 15 is 0 Å². The summed E-state index contributed by atoms with van der Waals surface area (Å²) in [4.78, 5) is 19.5. The van der Waals surface area contributed by atoms with Crippen LogP contribution < -0.4 is 5.73 Å². The fourth-order valence-electron chi connectivity index (χ4n) is 0.574. The average Bonchev–Trinajstić information content (AvgIpc) is 2.17. The number of hydrogen-bond acceptors (Lipinski definition) is 4. The molecule has 1 rings (SSSR count). The first-order valence-electron chi connectivity index (χ1n) is 3.94. The van der Waals surface area contributed by atoms with Crippen LogP contribution in [-0.2, 0) is 4.79 Å². The number of benzene rings is 1. The molecule has 2 N–H and O–H groups in total. The number of nitrogens with two attached hydrogens (primary N) is 1. The second-order valence-electron chi connectivity index (χ2n) is 2.64. The van der Waals surface area contributed by atoms with E-state index in [4.69, 9.17) is 4.79 Å². The lowest BCUT2D eigenvalue weighted by molar-refractivity contribution is -0.384. The van der Waals surface area contributed by atoms with Crippen molar-refractivity contribution in [2.75, 3.05) is 0 Å². The molecule has 0 saturated heterocycles. The zero-order valence-corrected chi connectivity index (χ0v) is 9.03. The summed E-state index contributed by atoms with van der Waals surface area (Å²) in [6.07, 6.45) is -4.86. The number of amides is 1. The molecule has 0 aromatic heterocycles. The van der Waals surface area contributed by atoms with E-state index in [1.807, 2.05) is 0 Å². The summed E-state index contributed by atoms with van der Waals surface area (Å²) in [5.41, 5.74) is 3.90. The van der Waals surface area contributed by atoms with Crippen molar-refractivity contribution < 1.29 is 22.9 Å². The molecule has 1 amide bonds. The van der Waals surface area contributed by atoms with Crippen LogP contribution in [0.25, 0.3) is 0 Å². The van der Waals surface area contributed by atoms with Crippen molar-refractivity contribution in [3.05, 3.63) is 34.4 Å². The van der Waals surface area contributed by atoms with Gasteiger partial charge in [-0.25, -0.2) is 0 Å². The SMILES string of the molecule is NC(=O)C(F)(F)F.O=[N+]([O-])c1ccc(S)cc1. The molecular formula is C8H7F3N2O3S. The number of halogens is 3. The fraction of sp³-hybridized carbons (Fsp3) is 0.125. The smallest absolute Gasteiger partial charge is 0.362 e. The molecule has 0 spiro atoms. The molecular weight excluding hydrogens is 261 g/mol. The fourth-order valence-corrected chi connectivity index (χ4v) is 0.723. The third-order valence-corrected chi connectivity index (χ3v) is 1.64. The van der Waals surface area contributed by atoms with Gasteiger partial charge < -0.3 is 5.73 Å². The van der Waals surface area contributed by atoms with Crippen LogP contribution >= 0.6 is 12.6 Å². The zero-order chi connectivity index (χ0) is 13.6. The minimum Gasteiger partial charge on any atom is -0.362 e. The first-order valence-corrected chi connectivity index (χ1v) is 4.39. The van der Waals surface area contributed by atoms with E-state index in [0.717, 1.165) is 4.90 Å². The molecule has 1 aromatic carbocycles. The maximum Gasteiger partial charge on any atom is 0.470 e. The quantitative estimate of drug-likeness (QED) is 0.463. The third-order valence-electron chi connectivity index (χ3n) is 1.34. The summed E-state index contributed by atoms with van der Waals surface area (Å²) in [6, 6.07) is 6.01. The standard InChI is InChI=1S/C6H5NO2S.C2H2F3NO/c8-7(9)5-1-3-6(10)4-2-5;3-2(4,5)1(6)7/h1-4,10H;(H2,6,7). The lowest BCUT2D eigenvalue weighted by Gasteiger charge is -1.95. The molecule has 5 nitrogen and oxygen atoms in total. The van der Waals surface area contributed by atoms with E-state index in [1.165, 1.54) is 12.1 Å². The average molecular weight is 268 g/mol. The molecule has 0 fully saturated rings. The van der Waals surface area contributed by atoms with Crippen LogP contribution in [0.5, 0.6) is 0 Å². The number of carbonyl (C=O) groups is 1. The highest BCUT2D eigenvalue weighted by Crippen LogP contribution is 2.13. The van der Waals surface area contributed by atoms with Gasteiger partial charge in [-0.15, -0.1) is 12.6 Å². The lowest BCUT2D eigenvalue weighted by Crippen LogP contribution is -2.30. The van der Waals surface area contributed by atoms with Gasteiger partial charge in [0.1, 0.15) is 0 Å². The van der Waals surface area contributed by atoms with Gasteiger partial charge in [-0.3, -0.25) is 14.9 Å². The molecule has 0 heterocycles. The van der Waals surface area contributed by atoms with E-state index in [2.05, 4.69) is 18.4 Å². The molecule has 94 valence electrons. The maximum atomic E-state index is 10.7. The highest BCUT2D eigenvalue weighted by Gasteiger charge is 2.35. The van der Waals surface area contributed by atoms with Gasteiger partial charge in [0.05, 0.1) is 4.92 Å². The predicted octanol–water partition coefficient (Wildman–Crippen LogP) is 1.92. The van der Waals surface area contributed by atoms with Crippen LogP contribution in [0.1, 0.15) is 0 Å². The van der Waals surface area contributed by atoms with Crippen molar-refractivity contribution in [2.24, 2.45) is 5.73 Å². The third kappa shape index (κ3) is 6.40. The van der Waals surface area contributed by atoms with Gasteiger partial charge in [0.2, 0.25) is 0 Å². The zero-order valence-electron chi connectivity index (χ0n) is 8.14. The number of nitrogens with zero attached hydrogens (tertiary/aromatic N) is 1. The van der Waals surface area contributed by atoms with Crippen molar-refractivity contribution in [1.29, 1.82) is 0 Å². The minimum absolute atomic E-state index is 0.0952. The monoisotopic (exact) mass is 268 g/mol. The van der Waals surface area contributed by atoms with E-state index in [1.54, 1.807) is 12.1 Å². The van der Waals surface area contributed by atoms with Crippen LogP contribution in [0.2, 0.25) is 0 Å². The van der Waals surface area contributed by atoms with Crippen molar-refractivity contribution in [1.82, 2.24) is 0 Å². The van der Waals surface area contributed by atoms with E-state index in [-0.39, 0.29) is 5.69 Å². The molecule has 0 atom stereocenters. The molecule has 0 bridgehead atoms. The normalized spacial score (nSPS) is 10.1. The van der Waals surface area contributed by atoms with E-state index < -0.39 is 17.0 Å². The lowest BCUT2D eigenvalue weighted by atomic mass is 10.3. The number of primary amides is 1. The minimum atomic E-state index is -4.86. The number of carbonyl (C=O) groups excluding carboxylic acids is 1. The Morgan fingerprint density at radius 2 is 1.65 bits per heavy atom. The maximum absolute atomic E-state index is 10.7. The molecule has 0 radical (unpaired) electrons. The number of alkyl halides is 3. The van der Waals surface area contributed by atoms with Gasteiger partial charge in [-0.1, -0.05) is 0 Å². The molecule has 0 aliphatic rings. The number of nitro groups is 1. The summed E-state index contributed by atoms with van der Waals surface area (Å²) in [5.74, 6) is -2.26. The van der Waals surface area contributed by atoms with E-state index in [0.29, 0.717) is 0 Å². The largest absolute Gasteiger partial charge is 0.470 e. The summed E-state index contributed by atoms with van der Waals surface area (Å²) >= 11 is 3.98. The van der Waals surface area contributed by atoms with Crippen LogP contribution in [0.3, 0.4) is 0 Å². The summed E-state index contributed by atoms with van der Waals surface area (Å²) < 4.78 is 32.1. The number of nitro benzene ring substituents is 1. The highest BCUT2D eigenvalue weighted by molar-refractivity contribution is 7.80. The first kappa shape index (κ1) is 15.2.